The molecule has 2 amide bonds. The molecule has 2 aliphatic heterocycles. The number of carbonyl (C=O) groups excluding carboxylic acids is 2. The summed E-state index contributed by atoms with van der Waals surface area (Å²) in [6.07, 6.45) is -4.12. The van der Waals surface area contributed by atoms with E-state index in [1.807, 2.05) is 11.8 Å². The average Bonchev–Trinajstić information content (AvgIpc) is 3.70. The van der Waals surface area contributed by atoms with Crippen LogP contribution in [0, 0.1) is 23.6 Å². The second-order valence-corrected chi connectivity index (χ2v) is 11.6. The lowest BCUT2D eigenvalue weighted by atomic mass is 9.90. The topological polar surface area (TPSA) is 110 Å². The van der Waals surface area contributed by atoms with Crippen LogP contribution in [-0.2, 0) is 11.3 Å². The fourth-order valence-corrected chi connectivity index (χ4v) is 6.00. The number of aromatic nitrogens is 2. The first-order chi connectivity index (χ1) is 22.4. The number of nitrogens with zero attached hydrogens (tertiary/aromatic N) is 3. The molecular weight excluding hydrogens is 627 g/mol. The first-order valence-corrected chi connectivity index (χ1v) is 15.0. The maximum absolute atomic E-state index is 15.4. The van der Waals surface area contributed by atoms with E-state index in [0.29, 0.717) is 19.8 Å². The van der Waals surface area contributed by atoms with E-state index < -0.39 is 42.6 Å². The number of fused-ring (bicyclic) bond motifs is 1. The summed E-state index contributed by atoms with van der Waals surface area (Å²) in [5.74, 6) is 3.47. The van der Waals surface area contributed by atoms with Gasteiger partial charge >= 0.3 is 6.18 Å². The van der Waals surface area contributed by atoms with Crippen LogP contribution >= 0.6 is 0 Å². The number of halogens is 5. The highest BCUT2D eigenvalue weighted by molar-refractivity contribution is 6.05. The molecule has 0 saturated carbocycles. The van der Waals surface area contributed by atoms with Crippen molar-refractivity contribution in [2.45, 2.75) is 44.3 Å². The molecule has 15 heteroatoms. The number of ether oxygens (including phenoxy) is 2. The van der Waals surface area contributed by atoms with E-state index in [9.17, 15) is 27.2 Å². The van der Waals surface area contributed by atoms with Gasteiger partial charge in [0.1, 0.15) is 29.8 Å². The third-order valence-corrected chi connectivity index (χ3v) is 8.33. The van der Waals surface area contributed by atoms with E-state index >= 15 is 4.39 Å². The minimum absolute atomic E-state index is 0.0236. The van der Waals surface area contributed by atoms with E-state index in [1.165, 1.54) is 32.4 Å². The van der Waals surface area contributed by atoms with Gasteiger partial charge in [-0.1, -0.05) is 18.8 Å². The van der Waals surface area contributed by atoms with E-state index in [4.69, 9.17) is 9.47 Å². The summed E-state index contributed by atoms with van der Waals surface area (Å²) in [5, 5.41) is 8.00. The van der Waals surface area contributed by atoms with Gasteiger partial charge in [0.2, 0.25) is 0 Å². The van der Waals surface area contributed by atoms with Gasteiger partial charge in [0, 0.05) is 44.4 Å². The lowest BCUT2D eigenvalue weighted by molar-refractivity contribution is -0.140. The van der Waals surface area contributed by atoms with E-state index in [1.54, 1.807) is 0 Å². The lowest BCUT2D eigenvalue weighted by Gasteiger charge is -2.41. The number of likely N-dealkylation sites (tertiary alicyclic amines) is 1. The van der Waals surface area contributed by atoms with Crippen molar-refractivity contribution in [1.82, 2.24) is 25.1 Å². The number of rotatable bonds is 8. The first-order valence-electron chi connectivity index (χ1n) is 15.0. The number of imidazole rings is 1. The SMILES string of the molecule is CNC(=O)c1cc(OC)c(NCC#Cc2cc(C(=O)N[C@@H]3[C@@H](C)CN(C4CCOC4)C[C@@H]3F)c3ncn(CC(F)(F)F)c3c2)cc1F. The smallest absolute Gasteiger partial charge is 0.406 e. The Morgan fingerprint density at radius 3 is 2.60 bits per heavy atom. The Morgan fingerprint density at radius 1 is 1.15 bits per heavy atom. The number of hydrogen-bond acceptors (Lipinski definition) is 7. The van der Waals surface area contributed by atoms with Crippen LogP contribution in [0.3, 0.4) is 0 Å². The van der Waals surface area contributed by atoms with Gasteiger partial charge in [0.05, 0.1) is 55.0 Å². The number of nitrogens with one attached hydrogen (secondary N) is 3. The standard InChI is InChI=1S/C32H35F5N6O4/c1-18-13-42(20-6-8-47-15-20)14-24(34)28(18)41-31(45)22-9-19(10-26-29(22)40-17-43(26)16-32(35,36)37)5-4-7-39-25-12-23(33)21(30(44)38-2)11-27(25)46-3/h9-12,17-18,20,24,28,39H,6-8,13-16H2,1-3H3,(H,38,44)(H,41,45)/t18-,20?,24-,28+/m0/s1. The highest BCUT2D eigenvalue weighted by atomic mass is 19.4. The Balaban J connectivity index is 1.38. The number of carbonyl (C=O) groups is 2. The molecule has 0 aliphatic carbocycles. The molecule has 0 spiro atoms. The molecule has 0 bridgehead atoms. The zero-order valence-electron chi connectivity index (χ0n) is 26.0. The monoisotopic (exact) mass is 662 g/mol. The molecule has 47 heavy (non-hydrogen) atoms. The maximum Gasteiger partial charge on any atom is 0.406 e. The Hall–Kier alpha value is -4.42. The summed E-state index contributed by atoms with van der Waals surface area (Å²) in [7, 11) is 2.72. The van der Waals surface area contributed by atoms with Crippen molar-refractivity contribution in [2.75, 3.05) is 52.3 Å². The van der Waals surface area contributed by atoms with Crippen molar-refractivity contribution >= 4 is 28.5 Å². The highest BCUT2D eigenvalue weighted by Crippen LogP contribution is 2.29. The molecule has 10 nitrogen and oxygen atoms in total. The fourth-order valence-electron chi connectivity index (χ4n) is 6.00. The minimum Gasteiger partial charge on any atom is -0.495 e. The summed E-state index contributed by atoms with van der Waals surface area (Å²) in [6, 6.07) is 4.41. The Kier molecular flexibility index (Phi) is 10.2. The molecule has 1 aromatic heterocycles. The van der Waals surface area contributed by atoms with Crippen LogP contribution in [0.15, 0.2) is 30.6 Å². The molecule has 2 saturated heterocycles. The molecule has 3 N–H and O–H groups in total. The summed E-state index contributed by atoms with van der Waals surface area (Å²) >= 11 is 0. The van der Waals surface area contributed by atoms with Gasteiger partial charge in [-0.25, -0.2) is 13.8 Å². The van der Waals surface area contributed by atoms with Gasteiger partial charge in [0.25, 0.3) is 11.8 Å². The van der Waals surface area contributed by atoms with Gasteiger partial charge in [-0.15, -0.1) is 0 Å². The molecule has 3 aromatic rings. The number of amides is 2. The van der Waals surface area contributed by atoms with Crippen LogP contribution in [0.25, 0.3) is 11.0 Å². The second kappa shape index (κ2) is 14.1. The predicted molar refractivity (Wildman–Crippen MR) is 164 cm³/mol. The van der Waals surface area contributed by atoms with Crippen molar-refractivity contribution in [3.63, 3.8) is 0 Å². The molecule has 0 radical (unpaired) electrons. The number of alkyl halides is 4. The van der Waals surface area contributed by atoms with Gasteiger partial charge in [-0.2, -0.15) is 13.2 Å². The van der Waals surface area contributed by atoms with Gasteiger partial charge in [-0.3, -0.25) is 14.5 Å². The van der Waals surface area contributed by atoms with Crippen molar-refractivity contribution < 1.29 is 41.0 Å². The number of anilines is 1. The molecule has 4 atom stereocenters. The summed E-state index contributed by atoms with van der Waals surface area (Å²) in [4.78, 5) is 31.6. The average molecular weight is 663 g/mol. The minimum atomic E-state index is -4.56. The van der Waals surface area contributed by atoms with Crippen LogP contribution in [-0.4, -0.2) is 97.7 Å². The van der Waals surface area contributed by atoms with Gasteiger partial charge < -0.3 is 30.0 Å². The molecule has 2 aromatic carbocycles. The maximum atomic E-state index is 15.4. The first kappa shape index (κ1) is 33.9. The van der Waals surface area contributed by atoms with Crippen LogP contribution in [0.2, 0.25) is 0 Å². The fraction of sp³-hybridized carbons (Fsp3) is 0.469. The summed E-state index contributed by atoms with van der Waals surface area (Å²) in [6.45, 7) is 2.28. The molecular formula is C32H35F5N6O4. The number of hydrogen-bond donors (Lipinski definition) is 3. The Labute approximate surface area is 268 Å². The Bertz CT molecular complexity index is 1680. The predicted octanol–water partition coefficient (Wildman–Crippen LogP) is 3.75. The molecule has 252 valence electrons. The van der Waals surface area contributed by atoms with Crippen LogP contribution in [0.4, 0.5) is 27.6 Å². The van der Waals surface area contributed by atoms with E-state index in [0.717, 1.165) is 23.4 Å². The molecule has 1 unspecified atom stereocenters. The van der Waals surface area contributed by atoms with Crippen molar-refractivity contribution in [3.05, 3.63) is 53.1 Å². The summed E-state index contributed by atoms with van der Waals surface area (Å²) < 4.78 is 81.6. The third kappa shape index (κ3) is 7.77. The lowest BCUT2D eigenvalue weighted by Crippen LogP contribution is -2.59. The normalized spacial score (nSPS) is 21.6. The van der Waals surface area contributed by atoms with E-state index in [-0.39, 0.29) is 64.2 Å². The number of methoxy groups -OCH3 is 1. The van der Waals surface area contributed by atoms with Crippen molar-refractivity contribution in [1.29, 1.82) is 0 Å². The van der Waals surface area contributed by atoms with Crippen LogP contribution < -0.4 is 20.7 Å². The van der Waals surface area contributed by atoms with Crippen LogP contribution in [0.1, 0.15) is 39.6 Å². The zero-order valence-corrected chi connectivity index (χ0v) is 26.0. The largest absolute Gasteiger partial charge is 0.495 e. The van der Waals surface area contributed by atoms with Gasteiger partial charge in [0.15, 0.2) is 0 Å². The van der Waals surface area contributed by atoms with Gasteiger partial charge in [-0.05, 0) is 30.5 Å². The number of benzene rings is 2. The summed E-state index contributed by atoms with van der Waals surface area (Å²) in [5.41, 5.74) is 0.227. The van der Waals surface area contributed by atoms with Crippen LogP contribution in [0.5, 0.6) is 5.75 Å². The molecule has 2 fully saturated rings. The molecule has 5 rings (SSSR count). The second-order valence-electron chi connectivity index (χ2n) is 11.6. The quantitative estimate of drug-likeness (QED) is 0.249. The highest BCUT2D eigenvalue weighted by Gasteiger charge is 2.39. The Morgan fingerprint density at radius 2 is 1.94 bits per heavy atom. The molecule has 3 heterocycles. The number of piperidine rings is 1. The molecule has 2 aliphatic rings. The third-order valence-electron chi connectivity index (χ3n) is 8.33. The van der Waals surface area contributed by atoms with Crippen molar-refractivity contribution in [3.8, 4) is 17.6 Å². The van der Waals surface area contributed by atoms with E-state index in [2.05, 4.69) is 32.8 Å². The van der Waals surface area contributed by atoms with Crippen molar-refractivity contribution in [2.24, 2.45) is 5.92 Å². The zero-order chi connectivity index (χ0) is 33.9.